The molecule has 1 saturated heterocycles. The van der Waals surface area contributed by atoms with Crippen LogP contribution in [0.3, 0.4) is 0 Å². The Labute approximate surface area is 134 Å². The van der Waals surface area contributed by atoms with Gasteiger partial charge in [-0.2, -0.15) is 0 Å². The molecule has 0 radical (unpaired) electrons. The van der Waals surface area contributed by atoms with Crippen LogP contribution in [0.25, 0.3) is 0 Å². The van der Waals surface area contributed by atoms with Gasteiger partial charge < -0.3 is 10.4 Å². The van der Waals surface area contributed by atoms with Crippen LogP contribution in [0.4, 0.5) is 0 Å². The predicted octanol–water partition coefficient (Wildman–Crippen LogP) is 3.26. The van der Waals surface area contributed by atoms with E-state index in [9.17, 15) is 9.90 Å². The molecule has 0 aromatic rings. The Kier molecular flexibility index (Phi) is 3.06. The molecular weight excluding hydrogens is 274 g/mol. The first-order valence-electron chi connectivity index (χ1n) is 9.30. The van der Waals surface area contributed by atoms with Gasteiger partial charge in [0.05, 0.1) is 5.60 Å². The fourth-order valence-corrected chi connectivity index (χ4v) is 6.95. The van der Waals surface area contributed by atoms with Crippen LogP contribution in [0.2, 0.25) is 0 Å². The smallest absolute Gasteiger partial charge is 0.220 e. The summed E-state index contributed by atoms with van der Waals surface area (Å²) in [5.74, 6) is 2.42. The Balaban J connectivity index is 1.65. The van der Waals surface area contributed by atoms with Crippen molar-refractivity contribution in [1.82, 2.24) is 5.32 Å². The van der Waals surface area contributed by atoms with E-state index in [4.69, 9.17) is 0 Å². The summed E-state index contributed by atoms with van der Waals surface area (Å²) < 4.78 is 0. The minimum atomic E-state index is -0.485. The van der Waals surface area contributed by atoms with Crippen molar-refractivity contribution in [2.75, 3.05) is 0 Å². The zero-order valence-corrected chi connectivity index (χ0v) is 14.3. The third-order valence-corrected chi connectivity index (χ3v) is 8.66. The van der Waals surface area contributed by atoms with E-state index < -0.39 is 5.60 Å². The zero-order valence-electron chi connectivity index (χ0n) is 14.3. The molecule has 124 valence electrons. The molecule has 0 aromatic carbocycles. The maximum atomic E-state index is 11.8. The van der Waals surface area contributed by atoms with Gasteiger partial charge in [0.25, 0.3) is 0 Å². The van der Waals surface area contributed by atoms with Crippen molar-refractivity contribution in [3.05, 3.63) is 0 Å². The van der Waals surface area contributed by atoms with Crippen molar-refractivity contribution in [2.24, 2.45) is 28.6 Å². The minimum absolute atomic E-state index is 0.106. The molecule has 3 heteroatoms. The molecule has 0 spiro atoms. The molecule has 1 amide bonds. The first-order chi connectivity index (χ1) is 10.3. The van der Waals surface area contributed by atoms with Gasteiger partial charge >= 0.3 is 0 Å². The van der Waals surface area contributed by atoms with E-state index in [2.05, 4.69) is 26.1 Å². The monoisotopic (exact) mass is 305 g/mol. The van der Waals surface area contributed by atoms with E-state index in [1.54, 1.807) is 0 Å². The Bertz CT molecular complexity index is 502. The van der Waals surface area contributed by atoms with Crippen LogP contribution in [0.15, 0.2) is 0 Å². The number of rotatable bonds is 0. The summed E-state index contributed by atoms with van der Waals surface area (Å²) in [6, 6.07) is 0.390. The van der Waals surface area contributed by atoms with Crippen LogP contribution in [0, 0.1) is 28.6 Å². The summed E-state index contributed by atoms with van der Waals surface area (Å²) >= 11 is 0. The summed E-state index contributed by atoms with van der Waals surface area (Å²) in [5, 5.41) is 14.2. The maximum Gasteiger partial charge on any atom is 0.220 e. The van der Waals surface area contributed by atoms with Gasteiger partial charge in [0.2, 0.25) is 5.91 Å². The highest BCUT2D eigenvalue weighted by atomic mass is 16.3. The summed E-state index contributed by atoms with van der Waals surface area (Å²) in [4.78, 5) is 11.8. The summed E-state index contributed by atoms with van der Waals surface area (Å²) in [7, 11) is 0. The molecular formula is C19H31NO2. The van der Waals surface area contributed by atoms with Gasteiger partial charge in [0.1, 0.15) is 0 Å². The van der Waals surface area contributed by atoms with Crippen molar-refractivity contribution in [1.29, 1.82) is 0 Å². The molecule has 3 aliphatic carbocycles. The van der Waals surface area contributed by atoms with E-state index in [1.807, 2.05) is 0 Å². The van der Waals surface area contributed by atoms with Crippen molar-refractivity contribution in [3.8, 4) is 0 Å². The number of carbonyl (C=O) groups is 1. The molecule has 0 aromatic heterocycles. The number of carbonyl (C=O) groups excluding carboxylic acids is 1. The number of fused-ring (bicyclic) bond motifs is 5. The summed E-state index contributed by atoms with van der Waals surface area (Å²) in [6.07, 6.45) is 8.69. The third kappa shape index (κ3) is 1.75. The molecule has 1 aliphatic heterocycles. The SMILES string of the molecule is CC12CCC(=O)NC1CCC1C2CCC2(C)C1CC[C@]2(C)O. The Morgan fingerprint density at radius 1 is 1.00 bits per heavy atom. The fraction of sp³-hybridized carbons (Fsp3) is 0.947. The predicted molar refractivity (Wildman–Crippen MR) is 86.2 cm³/mol. The lowest BCUT2D eigenvalue weighted by molar-refractivity contribution is -0.147. The Morgan fingerprint density at radius 3 is 2.50 bits per heavy atom. The Morgan fingerprint density at radius 2 is 1.73 bits per heavy atom. The van der Waals surface area contributed by atoms with Crippen LogP contribution >= 0.6 is 0 Å². The van der Waals surface area contributed by atoms with E-state index in [-0.39, 0.29) is 16.7 Å². The number of nitrogens with one attached hydrogen (secondary N) is 1. The summed E-state index contributed by atoms with van der Waals surface area (Å²) in [6.45, 7) is 6.85. The summed E-state index contributed by atoms with van der Waals surface area (Å²) in [5.41, 5.74) is -0.0942. The van der Waals surface area contributed by atoms with E-state index in [0.29, 0.717) is 18.4 Å². The average molecular weight is 305 g/mol. The highest BCUT2D eigenvalue weighted by molar-refractivity contribution is 5.77. The third-order valence-electron chi connectivity index (χ3n) is 8.66. The molecule has 4 fully saturated rings. The second kappa shape index (κ2) is 4.49. The normalized spacial score (nSPS) is 57.5. The van der Waals surface area contributed by atoms with E-state index in [1.165, 1.54) is 19.3 Å². The van der Waals surface area contributed by atoms with Gasteiger partial charge in [-0.3, -0.25) is 4.79 Å². The van der Waals surface area contributed by atoms with Crippen molar-refractivity contribution in [2.45, 2.75) is 83.8 Å². The molecule has 3 nitrogen and oxygen atoms in total. The second-order valence-electron chi connectivity index (χ2n) is 9.35. The molecule has 7 atom stereocenters. The molecule has 0 bridgehead atoms. The van der Waals surface area contributed by atoms with Crippen LogP contribution in [-0.2, 0) is 4.79 Å². The quantitative estimate of drug-likeness (QED) is 0.721. The lowest BCUT2D eigenvalue weighted by atomic mass is 9.46. The maximum absolute atomic E-state index is 11.8. The molecule has 1 heterocycles. The molecule has 4 rings (SSSR count). The second-order valence-corrected chi connectivity index (χ2v) is 9.35. The van der Waals surface area contributed by atoms with Gasteiger partial charge in [0, 0.05) is 12.5 Å². The van der Waals surface area contributed by atoms with Crippen LogP contribution in [0.1, 0.15) is 72.1 Å². The lowest BCUT2D eigenvalue weighted by Crippen LogP contribution is -2.61. The molecule has 3 saturated carbocycles. The van der Waals surface area contributed by atoms with Crippen molar-refractivity contribution >= 4 is 5.91 Å². The van der Waals surface area contributed by atoms with Gasteiger partial charge in [-0.1, -0.05) is 13.8 Å². The number of piperidine rings is 1. The first kappa shape index (κ1) is 15.0. The molecule has 6 unspecified atom stereocenters. The highest BCUT2D eigenvalue weighted by Gasteiger charge is 2.63. The zero-order chi connectivity index (χ0) is 15.8. The average Bonchev–Trinajstić information content (AvgIpc) is 2.70. The lowest BCUT2D eigenvalue weighted by Gasteiger charge is -2.60. The molecule has 4 aliphatic rings. The highest BCUT2D eigenvalue weighted by Crippen LogP contribution is 2.66. The van der Waals surface area contributed by atoms with Gasteiger partial charge in [-0.15, -0.1) is 0 Å². The van der Waals surface area contributed by atoms with E-state index >= 15 is 0 Å². The fourth-order valence-electron chi connectivity index (χ4n) is 6.95. The standard InChI is InChI=1S/C19H31NO2/c1-17-9-8-16(21)20-15(17)5-4-12-13(17)6-10-18(2)14(12)7-11-19(18,3)22/h12-15,22H,4-11H2,1-3H3,(H,20,21)/t12?,13?,14?,15?,17?,18?,19-/m0/s1. The molecule has 22 heavy (non-hydrogen) atoms. The van der Waals surface area contributed by atoms with Crippen LogP contribution in [0.5, 0.6) is 0 Å². The number of amides is 1. The number of aliphatic hydroxyl groups is 1. The number of hydrogen-bond acceptors (Lipinski definition) is 2. The van der Waals surface area contributed by atoms with Gasteiger partial charge in [0.15, 0.2) is 0 Å². The minimum Gasteiger partial charge on any atom is -0.390 e. The van der Waals surface area contributed by atoms with Crippen molar-refractivity contribution < 1.29 is 9.90 Å². The van der Waals surface area contributed by atoms with Gasteiger partial charge in [-0.05, 0) is 80.5 Å². The first-order valence-corrected chi connectivity index (χ1v) is 9.30. The Hall–Kier alpha value is -0.570. The largest absolute Gasteiger partial charge is 0.390 e. The van der Waals surface area contributed by atoms with Crippen LogP contribution in [-0.4, -0.2) is 22.7 Å². The van der Waals surface area contributed by atoms with Gasteiger partial charge in [-0.25, -0.2) is 0 Å². The van der Waals surface area contributed by atoms with Crippen LogP contribution < -0.4 is 5.32 Å². The van der Waals surface area contributed by atoms with Crippen molar-refractivity contribution in [3.63, 3.8) is 0 Å². The molecule has 2 N–H and O–H groups in total. The number of hydrogen-bond donors (Lipinski definition) is 2. The van der Waals surface area contributed by atoms with E-state index in [0.717, 1.165) is 37.5 Å². The topological polar surface area (TPSA) is 49.3 Å².